The summed E-state index contributed by atoms with van der Waals surface area (Å²) in [5.74, 6) is 0.235. The molecule has 6 nitrogen and oxygen atoms in total. The number of carbonyl (C=O) groups excluding carboxylic acids is 1. The van der Waals surface area contributed by atoms with Gasteiger partial charge in [0.05, 0.1) is 16.6 Å². The first kappa shape index (κ1) is 18.6. The Balaban J connectivity index is 1.69. The predicted molar refractivity (Wildman–Crippen MR) is 105 cm³/mol. The maximum absolute atomic E-state index is 13.2. The minimum Gasteiger partial charge on any atom is -0.476 e. The van der Waals surface area contributed by atoms with E-state index in [4.69, 9.17) is 16.3 Å². The lowest BCUT2D eigenvalue weighted by Crippen LogP contribution is -2.52. The molecule has 3 heterocycles. The first-order valence-corrected chi connectivity index (χ1v) is 11.4. The number of sulfonamides is 1. The van der Waals surface area contributed by atoms with Crippen LogP contribution in [0.1, 0.15) is 19.3 Å². The van der Waals surface area contributed by atoms with Gasteiger partial charge in [-0.2, -0.15) is 0 Å². The van der Waals surface area contributed by atoms with Gasteiger partial charge < -0.3 is 9.64 Å². The molecule has 0 bridgehead atoms. The molecule has 2 aromatic rings. The maximum atomic E-state index is 13.2. The van der Waals surface area contributed by atoms with Gasteiger partial charge in [-0.3, -0.25) is 9.10 Å². The number of thiophene rings is 1. The van der Waals surface area contributed by atoms with E-state index in [-0.39, 0.29) is 16.7 Å². The zero-order valence-electron chi connectivity index (χ0n) is 14.5. The van der Waals surface area contributed by atoms with Gasteiger partial charge in [0.15, 0.2) is 6.10 Å². The molecule has 0 unspecified atom stereocenters. The van der Waals surface area contributed by atoms with E-state index in [1.54, 1.807) is 35.2 Å². The van der Waals surface area contributed by atoms with E-state index in [0.717, 1.165) is 30.6 Å². The average molecular weight is 427 g/mol. The number of hydrogen-bond acceptors (Lipinski definition) is 5. The molecule has 1 amide bonds. The Morgan fingerprint density at radius 2 is 1.85 bits per heavy atom. The topological polar surface area (TPSA) is 66.9 Å². The average Bonchev–Trinajstić information content (AvgIpc) is 3.14. The Kier molecular flexibility index (Phi) is 5.05. The molecule has 2 aliphatic heterocycles. The summed E-state index contributed by atoms with van der Waals surface area (Å²) >= 11 is 6.94. The van der Waals surface area contributed by atoms with E-state index in [9.17, 15) is 13.2 Å². The first-order chi connectivity index (χ1) is 13.0. The Bertz CT molecular complexity index is 954. The Labute approximate surface area is 167 Å². The van der Waals surface area contributed by atoms with E-state index in [2.05, 4.69) is 0 Å². The highest BCUT2D eigenvalue weighted by molar-refractivity contribution is 7.94. The van der Waals surface area contributed by atoms with Gasteiger partial charge in [0.1, 0.15) is 9.96 Å². The van der Waals surface area contributed by atoms with Crippen molar-refractivity contribution in [3.63, 3.8) is 0 Å². The Hall–Kier alpha value is -1.77. The lowest BCUT2D eigenvalue weighted by Gasteiger charge is -2.37. The van der Waals surface area contributed by atoms with Crippen LogP contribution in [0.5, 0.6) is 5.75 Å². The molecule has 144 valence electrons. The van der Waals surface area contributed by atoms with Crippen LogP contribution in [0.15, 0.2) is 40.6 Å². The second-order valence-corrected chi connectivity index (χ2v) is 10.4. The molecule has 1 atom stereocenters. The molecule has 0 spiro atoms. The fraction of sp³-hybridized carbons (Fsp3) is 0.389. The largest absolute Gasteiger partial charge is 0.476 e. The highest BCUT2D eigenvalue weighted by Crippen LogP contribution is 2.39. The van der Waals surface area contributed by atoms with Crippen LogP contribution in [0.3, 0.4) is 0 Å². The van der Waals surface area contributed by atoms with E-state index in [0.29, 0.717) is 28.9 Å². The zero-order valence-corrected chi connectivity index (χ0v) is 16.9. The van der Waals surface area contributed by atoms with Gasteiger partial charge in [-0.1, -0.05) is 23.7 Å². The molecule has 1 fully saturated rings. The molecule has 9 heteroatoms. The van der Waals surface area contributed by atoms with Gasteiger partial charge in [-0.25, -0.2) is 8.42 Å². The Morgan fingerprint density at radius 1 is 1.11 bits per heavy atom. The van der Waals surface area contributed by atoms with Crippen LogP contribution >= 0.6 is 22.9 Å². The summed E-state index contributed by atoms with van der Waals surface area (Å²) in [5.41, 5.74) is 0.435. The third-order valence-corrected chi connectivity index (χ3v) is 8.25. The maximum Gasteiger partial charge on any atom is 0.274 e. The Morgan fingerprint density at radius 3 is 2.56 bits per heavy atom. The number of fused-ring (bicyclic) bond motifs is 1. The van der Waals surface area contributed by atoms with Crippen molar-refractivity contribution in [2.45, 2.75) is 29.6 Å². The second-order valence-electron chi connectivity index (χ2n) is 6.55. The van der Waals surface area contributed by atoms with Crippen molar-refractivity contribution in [2.24, 2.45) is 0 Å². The molecule has 0 radical (unpaired) electrons. The fourth-order valence-corrected chi connectivity index (χ4v) is 6.49. The number of ether oxygens (including phenoxy) is 1. The van der Waals surface area contributed by atoms with Crippen LogP contribution < -0.4 is 9.04 Å². The van der Waals surface area contributed by atoms with E-state index < -0.39 is 16.1 Å². The van der Waals surface area contributed by atoms with Gasteiger partial charge in [-0.05, 0) is 43.5 Å². The quantitative estimate of drug-likeness (QED) is 0.754. The molecule has 0 saturated carbocycles. The number of likely N-dealkylation sites (tertiary alicyclic amines) is 1. The van der Waals surface area contributed by atoms with E-state index in [1.165, 1.54) is 10.4 Å². The monoisotopic (exact) mass is 426 g/mol. The number of benzene rings is 1. The molecule has 27 heavy (non-hydrogen) atoms. The predicted octanol–water partition coefficient (Wildman–Crippen LogP) is 3.37. The van der Waals surface area contributed by atoms with Crippen molar-refractivity contribution >= 4 is 44.6 Å². The summed E-state index contributed by atoms with van der Waals surface area (Å²) in [6, 6.07) is 9.93. The molecule has 1 aromatic carbocycles. The minimum absolute atomic E-state index is 0.0514. The van der Waals surface area contributed by atoms with Crippen molar-refractivity contribution in [3.8, 4) is 5.75 Å². The molecule has 0 N–H and O–H groups in total. The molecular weight excluding hydrogens is 408 g/mol. The van der Waals surface area contributed by atoms with Crippen LogP contribution in [0.4, 0.5) is 5.69 Å². The smallest absolute Gasteiger partial charge is 0.274 e. The van der Waals surface area contributed by atoms with Crippen LogP contribution in [0.2, 0.25) is 4.34 Å². The molecule has 2 aliphatic rings. The van der Waals surface area contributed by atoms with Gasteiger partial charge >= 0.3 is 0 Å². The highest BCUT2D eigenvalue weighted by atomic mass is 35.5. The summed E-state index contributed by atoms with van der Waals surface area (Å²) < 4.78 is 34.1. The van der Waals surface area contributed by atoms with Gasteiger partial charge in [0, 0.05) is 13.1 Å². The first-order valence-electron chi connectivity index (χ1n) is 8.79. The number of piperidine rings is 1. The van der Waals surface area contributed by atoms with E-state index in [1.807, 2.05) is 0 Å². The number of amides is 1. The summed E-state index contributed by atoms with van der Waals surface area (Å²) in [6.45, 7) is 1.32. The number of hydrogen-bond donors (Lipinski definition) is 0. The molecular formula is C18H19ClN2O4S2. The van der Waals surface area contributed by atoms with Gasteiger partial charge in [0.2, 0.25) is 0 Å². The molecule has 0 aliphatic carbocycles. The number of para-hydroxylation sites is 2. The molecule has 4 rings (SSSR count). The van der Waals surface area contributed by atoms with E-state index >= 15 is 0 Å². The number of rotatable bonds is 3. The van der Waals surface area contributed by atoms with Crippen molar-refractivity contribution < 1.29 is 17.9 Å². The number of carbonyl (C=O) groups is 1. The number of nitrogens with zero attached hydrogens (tertiary/aromatic N) is 2. The van der Waals surface area contributed by atoms with Crippen molar-refractivity contribution in [3.05, 3.63) is 40.7 Å². The van der Waals surface area contributed by atoms with Crippen LogP contribution in [-0.2, 0) is 14.8 Å². The summed E-state index contributed by atoms with van der Waals surface area (Å²) in [4.78, 5) is 14.7. The second kappa shape index (κ2) is 7.33. The van der Waals surface area contributed by atoms with Crippen molar-refractivity contribution in [1.82, 2.24) is 4.90 Å². The lowest BCUT2D eigenvalue weighted by molar-refractivity contribution is -0.139. The number of halogens is 1. The molecule has 1 aromatic heterocycles. The minimum atomic E-state index is -3.84. The highest BCUT2D eigenvalue weighted by Gasteiger charge is 2.39. The standard InChI is InChI=1S/C18H19ClN2O4S2/c19-16-8-9-17(26-16)27(23,24)21-12-15(18(22)20-10-4-1-5-11-20)25-14-7-3-2-6-13(14)21/h2-3,6-9,15H,1,4-5,10-12H2/t15-/m0/s1. The zero-order chi connectivity index (χ0) is 19.0. The van der Waals surface area contributed by atoms with Crippen LogP contribution in [-0.4, -0.2) is 45.0 Å². The third kappa shape index (κ3) is 3.53. The molecule has 1 saturated heterocycles. The normalized spacial score (nSPS) is 20.1. The van der Waals surface area contributed by atoms with Crippen LogP contribution in [0, 0.1) is 0 Å². The summed E-state index contributed by atoms with van der Waals surface area (Å²) in [7, 11) is -3.84. The summed E-state index contributed by atoms with van der Waals surface area (Å²) in [6.07, 6.45) is 2.18. The van der Waals surface area contributed by atoms with Crippen molar-refractivity contribution in [2.75, 3.05) is 23.9 Å². The van der Waals surface area contributed by atoms with Gasteiger partial charge in [0.25, 0.3) is 15.9 Å². The number of anilines is 1. The fourth-order valence-electron chi connectivity index (χ4n) is 3.42. The third-order valence-electron chi connectivity index (χ3n) is 4.77. The summed E-state index contributed by atoms with van der Waals surface area (Å²) in [5, 5.41) is 0. The van der Waals surface area contributed by atoms with Crippen molar-refractivity contribution in [1.29, 1.82) is 0 Å². The SMILES string of the molecule is O=C([C@@H]1CN(S(=O)(=O)c2ccc(Cl)s2)c2ccccc2O1)N1CCCCC1. The van der Waals surface area contributed by atoms with Crippen LogP contribution in [0.25, 0.3) is 0 Å². The lowest BCUT2D eigenvalue weighted by atomic mass is 10.1. The van der Waals surface area contributed by atoms with Gasteiger partial charge in [-0.15, -0.1) is 11.3 Å².